The molecular weight excluding hydrogens is 244 g/mol. The Bertz CT molecular complexity index is 448. The maximum absolute atomic E-state index is 9.48. The van der Waals surface area contributed by atoms with E-state index >= 15 is 0 Å². The molecule has 0 saturated carbocycles. The summed E-state index contributed by atoms with van der Waals surface area (Å²) in [5, 5.41) is 11.5. The number of hydrogen-bond donors (Lipinski definition) is 1. The predicted molar refractivity (Wildman–Crippen MR) is 75.5 cm³/mol. The van der Waals surface area contributed by atoms with Crippen molar-refractivity contribution in [3.8, 4) is 5.75 Å². The molecule has 1 N–H and O–H groups in total. The first kappa shape index (κ1) is 13.1. The van der Waals surface area contributed by atoms with Gasteiger partial charge in [-0.3, -0.25) is 0 Å². The molecule has 1 aromatic heterocycles. The van der Waals surface area contributed by atoms with Crippen molar-refractivity contribution in [1.82, 2.24) is 0 Å². The first-order valence-electron chi connectivity index (χ1n) is 6.19. The fraction of sp³-hybridized carbons (Fsp3) is 0.333. The maximum Gasteiger partial charge on any atom is 0.119 e. The van der Waals surface area contributed by atoms with E-state index < -0.39 is 0 Å². The summed E-state index contributed by atoms with van der Waals surface area (Å²) in [6.07, 6.45) is 0.865. The van der Waals surface area contributed by atoms with Crippen LogP contribution in [0.1, 0.15) is 23.3 Å². The Morgan fingerprint density at radius 2 is 2.00 bits per heavy atom. The van der Waals surface area contributed by atoms with E-state index in [1.165, 1.54) is 10.4 Å². The van der Waals surface area contributed by atoms with Crippen LogP contribution in [0.25, 0.3) is 0 Å². The highest BCUT2D eigenvalue weighted by Crippen LogP contribution is 2.25. The summed E-state index contributed by atoms with van der Waals surface area (Å²) < 4.78 is 5.42. The normalized spacial score (nSPS) is 12.3. The van der Waals surface area contributed by atoms with E-state index in [4.69, 9.17) is 4.74 Å². The van der Waals surface area contributed by atoms with Gasteiger partial charge >= 0.3 is 0 Å². The molecule has 1 atom stereocenters. The van der Waals surface area contributed by atoms with Gasteiger partial charge in [-0.25, -0.2) is 0 Å². The highest BCUT2D eigenvalue weighted by molar-refractivity contribution is 7.10. The van der Waals surface area contributed by atoms with Crippen LogP contribution in [-0.2, 0) is 6.42 Å². The number of hydrogen-bond acceptors (Lipinski definition) is 3. The lowest BCUT2D eigenvalue weighted by atomic mass is 9.98. The molecule has 1 heterocycles. The van der Waals surface area contributed by atoms with Crippen molar-refractivity contribution in [2.45, 2.75) is 19.3 Å². The van der Waals surface area contributed by atoms with E-state index in [-0.39, 0.29) is 12.5 Å². The Labute approximate surface area is 112 Å². The third-order valence-electron chi connectivity index (χ3n) is 2.88. The summed E-state index contributed by atoms with van der Waals surface area (Å²) in [6, 6.07) is 12.2. The third-order valence-corrected chi connectivity index (χ3v) is 3.92. The molecule has 0 saturated heterocycles. The van der Waals surface area contributed by atoms with Crippen LogP contribution < -0.4 is 4.74 Å². The van der Waals surface area contributed by atoms with Gasteiger partial charge in [-0.15, -0.1) is 11.3 Å². The fourth-order valence-corrected chi connectivity index (χ4v) is 2.77. The van der Waals surface area contributed by atoms with Gasteiger partial charge in [0.05, 0.1) is 13.2 Å². The summed E-state index contributed by atoms with van der Waals surface area (Å²) in [5.74, 6) is 1.10. The van der Waals surface area contributed by atoms with Crippen molar-refractivity contribution in [1.29, 1.82) is 0 Å². The number of aliphatic hydroxyl groups excluding tert-OH is 1. The van der Waals surface area contributed by atoms with Crippen LogP contribution >= 0.6 is 11.3 Å². The zero-order valence-electron chi connectivity index (χ0n) is 10.5. The summed E-state index contributed by atoms with van der Waals surface area (Å²) in [4.78, 5) is 1.24. The molecule has 0 amide bonds. The highest BCUT2D eigenvalue weighted by atomic mass is 32.1. The molecule has 2 aromatic rings. The van der Waals surface area contributed by atoms with Crippen molar-refractivity contribution in [3.05, 3.63) is 52.2 Å². The standard InChI is InChI=1S/C15H18O2S/c1-2-17-14-7-5-12(6-8-14)10-13(11-16)15-4-3-9-18-15/h3-9,13,16H,2,10-11H2,1H3. The van der Waals surface area contributed by atoms with Crippen LogP contribution in [0.2, 0.25) is 0 Å². The van der Waals surface area contributed by atoms with Gasteiger partial charge in [0.15, 0.2) is 0 Å². The van der Waals surface area contributed by atoms with Crippen molar-refractivity contribution in [2.75, 3.05) is 13.2 Å². The Morgan fingerprint density at radius 3 is 2.56 bits per heavy atom. The Balaban J connectivity index is 2.03. The third kappa shape index (κ3) is 3.34. The molecule has 96 valence electrons. The van der Waals surface area contributed by atoms with Gasteiger partial charge < -0.3 is 9.84 Å². The molecule has 0 aliphatic heterocycles. The molecular formula is C15H18O2S. The van der Waals surface area contributed by atoms with Crippen molar-refractivity contribution in [3.63, 3.8) is 0 Å². The minimum Gasteiger partial charge on any atom is -0.494 e. The number of aliphatic hydroxyl groups is 1. The first-order chi connectivity index (χ1) is 8.83. The van der Waals surface area contributed by atoms with E-state index in [0.717, 1.165) is 12.2 Å². The number of rotatable bonds is 6. The van der Waals surface area contributed by atoms with Crippen molar-refractivity contribution < 1.29 is 9.84 Å². The van der Waals surface area contributed by atoms with E-state index in [2.05, 4.69) is 23.6 Å². The molecule has 0 aliphatic rings. The molecule has 1 aromatic carbocycles. The minimum absolute atomic E-state index is 0.188. The molecule has 0 radical (unpaired) electrons. The largest absolute Gasteiger partial charge is 0.494 e. The van der Waals surface area contributed by atoms with Gasteiger partial charge in [0, 0.05) is 10.8 Å². The van der Waals surface area contributed by atoms with Gasteiger partial charge in [0.25, 0.3) is 0 Å². The lowest BCUT2D eigenvalue weighted by Gasteiger charge is -2.12. The molecule has 1 unspecified atom stereocenters. The number of thiophene rings is 1. The summed E-state index contributed by atoms with van der Waals surface area (Å²) >= 11 is 1.70. The Kier molecular flexibility index (Phi) is 4.79. The molecule has 0 fully saturated rings. The average molecular weight is 262 g/mol. The quantitative estimate of drug-likeness (QED) is 0.864. The van der Waals surface area contributed by atoms with E-state index in [1.54, 1.807) is 11.3 Å². The van der Waals surface area contributed by atoms with Crippen LogP contribution in [-0.4, -0.2) is 18.3 Å². The second kappa shape index (κ2) is 6.57. The van der Waals surface area contributed by atoms with Crippen molar-refractivity contribution >= 4 is 11.3 Å². The van der Waals surface area contributed by atoms with Crippen LogP contribution in [0.3, 0.4) is 0 Å². The van der Waals surface area contributed by atoms with Crippen LogP contribution in [0.5, 0.6) is 5.75 Å². The van der Waals surface area contributed by atoms with Crippen LogP contribution in [0, 0.1) is 0 Å². The summed E-state index contributed by atoms with van der Waals surface area (Å²) in [6.45, 7) is 2.86. The smallest absolute Gasteiger partial charge is 0.119 e. The molecule has 2 rings (SSSR count). The molecule has 0 bridgehead atoms. The Morgan fingerprint density at radius 1 is 1.22 bits per heavy atom. The highest BCUT2D eigenvalue weighted by Gasteiger charge is 2.12. The zero-order chi connectivity index (χ0) is 12.8. The average Bonchev–Trinajstić information content (AvgIpc) is 2.92. The zero-order valence-corrected chi connectivity index (χ0v) is 11.3. The summed E-state index contributed by atoms with van der Waals surface area (Å²) in [7, 11) is 0. The molecule has 3 heteroatoms. The van der Waals surface area contributed by atoms with Crippen molar-refractivity contribution in [2.24, 2.45) is 0 Å². The molecule has 2 nitrogen and oxygen atoms in total. The summed E-state index contributed by atoms with van der Waals surface area (Å²) in [5.41, 5.74) is 1.23. The molecule has 0 spiro atoms. The Hall–Kier alpha value is -1.32. The van der Waals surface area contributed by atoms with E-state index in [9.17, 15) is 5.11 Å². The van der Waals surface area contributed by atoms with E-state index in [1.807, 2.05) is 25.1 Å². The monoisotopic (exact) mass is 262 g/mol. The van der Waals surface area contributed by atoms with E-state index in [0.29, 0.717) is 6.61 Å². The number of benzene rings is 1. The number of ether oxygens (including phenoxy) is 1. The van der Waals surface area contributed by atoms with Gasteiger partial charge in [0.2, 0.25) is 0 Å². The van der Waals surface area contributed by atoms with Gasteiger partial charge in [-0.2, -0.15) is 0 Å². The SMILES string of the molecule is CCOc1ccc(CC(CO)c2cccs2)cc1. The minimum atomic E-state index is 0.188. The first-order valence-corrected chi connectivity index (χ1v) is 7.07. The van der Waals surface area contributed by atoms with Gasteiger partial charge in [-0.05, 0) is 42.5 Å². The lowest BCUT2D eigenvalue weighted by molar-refractivity contribution is 0.266. The maximum atomic E-state index is 9.48. The van der Waals surface area contributed by atoms with Gasteiger partial charge in [-0.1, -0.05) is 18.2 Å². The second-order valence-electron chi connectivity index (χ2n) is 4.18. The molecule has 0 aliphatic carbocycles. The lowest BCUT2D eigenvalue weighted by Crippen LogP contribution is -2.06. The molecule has 18 heavy (non-hydrogen) atoms. The van der Waals surface area contributed by atoms with Crippen LogP contribution in [0.15, 0.2) is 41.8 Å². The van der Waals surface area contributed by atoms with Crippen LogP contribution in [0.4, 0.5) is 0 Å². The predicted octanol–water partition coefficient (Wildman–Crippen LogP) is 3.47. The van der Waals surface area contributed by atoms with Gasteiger partial charge in [0.1, 0.15) is 5.75 Å². The topological polar surface area (TPSA) is 29.5 Å². The second-order valence-corrected chi connectivity index (χ2v) is 5.16. The fourth-order valence-electron chi connectivity index (χ4n) is 1.95.